The lowest BCUT2D eigenvalue weighted by Gasteiger charge is -2.13. The maximum absolute atomic E-state index is 11.6. The van der Waals surface area contributed by atoms with Crippen LogP contribution in [-0.4, -0.2) is 56.9 Å². The molecule has 1 aliphatic heterocycles. The van der Waals surface area contributed by atoms with E-state index >= 15 is 0 Å². The lowest BCUT2D eigenvalue weighted by atomic mass is 10.1. The van der Waals surface area contributed by atoms with E-state index in [1.54, 1.807) is 26.2 Å². The van der Waals surface area contributed by atoms with Gasteiger partial charge in [-0.2, -0.15) is 0 Å². The molecule has 0 saturated carbocycles. The molecule has 7 nitrogen and oxygen atoms in total. The number of hydrogen-bond donors (Lipinski definition) is 2. The van der Waals surface area contributed by atoms with Gasteiger partial charge in [0.1, 0.15) is 29.5 Å². The number of carbonyl (C=O) groups excluding carboxylic acids is 1. The largest absolute Gasteiger partial charge is 0.507 e. The molecule has 0 atom stereocenters. The van der Waals surface area contributed by atoms with E-state index in [4.69, 9.17) is 14.2 Å². The van der Waals surface area contributed by atoms with Crippen LogP contribution in [0.3, 0.4) is 0 Å². The first-order valence-corrected chi connectivity index (χ1v) is 13.7. The van der Waals surface area contributed by atoms with Crippen molar-refractivity contribution >= 4 is 65.2 Å². The van der Waals surface area contributed by atoms with Gasteiger partial charge in [-0.25, -0.2) is 4.79 Å². The van der Waals surface area contributed by atoms with Crippen LogP contribution in [0.5, 0.6) is 11.5 Å². The summed E-state index contributed by atoms with van der Waals surface area (Å²) in [5.74, 6) is 1.18. The van der Waals surface area contributed by atoms with E-state index in [0.29, 0.717) is 13.2 Å². The number of halogens is 2. The molecule has 0 saturated heterocycles. The molecule has 0 fully saturated rings. The van der Waals surface area contributed by atoms with Crippen LogP contribution in [0.1, 0.15) is 22.8 Å². The van der Waals surface area contributed by atoms with Crippen LogP contribution in [0.15, 0.2) is 74.6 Å². The van der Waals surface area contributed by atoms with Crippen LogP contribution in [0.2, 0.25) is 0 Å². The zero-order valence-corrected chi connectivity index (χ0v) is 24.3. The van der Waals surface area contributed by atoms with Crippen LogP contribution in [0.4, 0.5) is 0 Å². The first kappa shape index (κ1) is 27.9. The third kappa shape index (κ3) is 6.83. The van der Waals surface area contributed by atoms with Crippen LogP contribution in [-0.2, 0) is 9.47 Å². The number of amidine groups is 1. The summed E-state index contributed by atoms with van der Waals surface area (Å²) in [6.45, 7) is 4.80. The highest BCUT2D eigenvalue weighted by Crippen LogP contribution is 2.30. The summed E-state index contributed by atoms with van der Waals surface area (Å²) in [6.07, 6.45) is 0. The van der Waals surface area contributed by atoms with Gasteiger partial charge in [-0.05, 0) is 77.0 Å². The van der Waals surface area contributed by atoms with Crippen molar-refractivity contribution in [2.24, 2.45) is 4.99 Å². The Kier molecular flexibility index (Phi) is 9.60. The third-order valence-electron chi connectivity index (χ3n) is 5.79. The molecule has 1 aliphatic rings. The maximum Gasteiger partial charge on any atom is 0.341 e. The summed E-state index contributed by atoms with van der Waals surface area (Å²) >= 11 is 6.88. The summed E-state index contributed by atoms with van der Waals surface area (Å²) in [4.78, 5) is 16.1. The Bertz CT molecular complexity index is 1490. The normalized spacial score (nSPS) is 12.5. The Balaban J connectivity index is 0.000000181. The predicted molar refractivity (Wildman–Crippen MR) is 158 cm³/mol. The number of fused-ring (bicyclic) bond motifs is 2. The molecule has 0 unspecified atom stereocenters. The second-order valence-electron chi connectivity index (χ2n) is 8.42. The summed E-state index contributed by atoms with van der Waals surface area (Å²) in [6, 6.07) is 19.2. The Labute approximate surface area is 238 Å². The van der Waals surface area contributed by atoms with Crippen molar-refractivity contribution in [3.63, 3.8) is 0 Å². The highest BCUT2D eigenvalue weighted by atomic mass is 79.9. The van der Waals surface area contributed by atoms with Crippen molar-refractivity contribution in [2.75, 3.05) is 40.0 Å². The predicted octanol–water partition coefficient (Wildman–Crippen LogP) is 6.46. The van der Waals surface area contributed by atoms with Crippen molar-refractivity contribution in [1.82, 2.24) is 5.32 Å². The minimum atomic E-state index is -0.508. The number of aliphatic imine (C=N–C) groups is 1. The lowest BCUT2D eigenvalue weighted by Crippen LogP contribution is -2.20. The van der Waals surface area contributed by atoms with Gasteiger partial charge >= 0.3 is 5.97 Å². The molecular formula is C29H28Br2N2O5. The maximum atomic E-state index is 11.6. The van der Waals surface area contributed by atoms with E-state index in [0.717, 1.165) is 60.7 Å². The standard InChI is InChI=1S/C16H17BrN2O2.C13H11BrO3/c1-20-6-7-21-15-10-11-2-3-13(17)8-12(11)9-14(15)16-18-4-5-19-16;1-2-17-13(16)11-6-9-5-10(14)4-3-8(9)7-12(11)15/h2-3,8-10H,4-7H2,1H3,(H,18,19);3-7,15H,2H2,1H3. The van der Waals surface area contributed by atoms with Crippen molar-refractivity contribution in [2.45, 2.75) is 6.92 Å². The number of nitrogens with zero attached hydrogens (tertiary/aromatic N) is 1. The van der Waals surface area contributed by atoms with Crippen LogP contribution in [0, 0.1) is 0 Å². The highest BCUT2D eigenvalue weighted by molar-refractivity contribution is 9.10. The molecule has 0 aromatic heterocycles. The van der Waals surface area contributed by atoms with Gasteiger partial charge in [0.05, 0.1) is 25.3 Å². The van der Waals surface area contributed by atoms with Crippen molar-refractivity contribution in [1.29, 1.82) is 0 Å². The number of phenolic OH excluding ortho intramolecular Hbond substituents is 1. The molecule has 0 radical (unpaired) electrons. The Morgan fingerprint density at radius 1 is 0.947 bits per heavy atom. The highest BCUT2D eigenvalue weighted by Gasteiger charge is 2.16. The topological polar surface area (TPSA) is 89.4 Å². The van der Waals surface area contributed by atoms with E-state index in [1.165, 1.54) is 0 Å². The second kappa shape index (κ2) is 13.1. The monoisotopic (exact) mass is 642 g/mol. The summed E-state index contributed by atoms with van der Waals surface area (Å²) in [7, 11) is 1.67. The molecule has 0 bridgehead atoms. The van der Waals surface area contributed by atoms with Gasteiger partial charge in [0.25, 0.3) is 0 Å². The summed E-state index contributed by atoms with van der Waals surface area (Å²) in [5.41, 5.74) is 1.20. The molecule has 38 heavy (non-hydrogen) atoms. The molecule has 0 spiro atoms. The van der Waals surface area contributed by atoms with Crippen LogP contribution in [0.25, 0.3) is 21.5 Å². The SMILES string of the molecule is CCOC(=O)c1cc2cc(Br)ccc2cc1O.COCCOc1cc2ccc(Br)cc2cc1C1=NCCN1. The fourth-order valence-corrected chi connectivity index (χ4v) is 4.75. The molecule has 9 heteroatoms. The Hall–Kier alpha value is -3.14. The van der Waals surface area contributed by atoms with E-state index in [9.17, 15) is 9.90 Å². The van der Waals surface area contributed by atoms with E-state index in [2.05, 4.69) is 66.4 Å². The average Bonchev–Trinajstić information content (AvgIpc) is 3.44. The number of esters is 1. The van der Waals surface area contributed by atoms with E-state index < -0.39 is 5.97 Å². The molecule has 0 aliphatic carbocycles. The van der Waals surface area contributed by atoms with Crippen molar-refractivity contribution < 1.29 is 24.1 Å². The summed E-state index contributed by atoms with van der Waals surface area (Å²) in [5, 5.41) is 17.1. The number of phenols is 1. The lowest BCUT2D eigenvalue weighted by molar-refractivity contribution is 0.0523. The number of benzene rings is 4. The molecule has 5 rings (SSSR count). The van der Waals surface area contributed by atoms with Gasteiger partial charge < -0.3 is 24.6 Å². The number of carbonyl (C=O) groups is 1. The molecule has 4 aromatic carbocycles. The fourth-order valence-electron chi connectivity index (χ4n) is 3.99. The smallest absolute Gasteiger partial charge is 0.341 e. The molecule has 0 amide bonds. The van der Waals surface area contributed by atoms with Gasteiger partial charge in [0.15, 0.2) is 0 Å². The minimum Gasteiger partial charge on any atom is -0.507 e. The van der Waals surface area contributed by atoms with Crippen molar-refractivity contribution in [3.8, 4) is 11.5 Å². The fraction of sp³-hybridized carbons (Fsp3) is 0.241. The third-order valence-corrected chi connectivity index (χ3v) is 6.77. The zero-order chi connectivity index (χ0) is 27.1. The number of hydrogen-bond acceptors (Lipinski definition) is 7. The Morgan fingerprint density at radius 3 is 2.26 bits per heavy atom. The average molecular weight is 644 g/mol. The molecule has 2 N–H and O–H groups in total. The number of methoxy groups -OCH3 is 1. The quantitative estimate of drug-likeness (QED) is 0.177. The van der Waals surface area contributed by atoms with Gasteiger partial charge in [0.2, 0.25) is 0 Å². The van der Waals surface area contributed by atoms with Crippen LogP contribution >= 0.6 is 31.9 Å². The van der Waals surface area contributed by atoms with Crippen molar-refractivity contribution in [3.05, 3.63) is 80.7 Å². The Morgan fingerprint density at radius 2 is 1.63 bits per heavy atom. The number of aromatic hydroxyl groups is 1. The van der Waals surface area contributed by atoms with E-state index in [1.807, 2.05) is 24.3 Å². The molecule has 4 aromatic rings. The number of nitrogens with one attached hydrogen (secondary N) is 1. The number of ether oxygens (including phenoxy) is 3. The first-order chi connectivity index (χ1) is 18.4. The van der Waals surface area contributed by atoms with Gasteiger partial charge in [-0.15, -0.1) is 0 Å². The molecule has 198 valence electrons. The first-order valence-electron chi connectivity index (χ1n) is 12.1. The second-order valence-corrected chi connectivity index (χ2v) is 10.3. The minimum absolute atomic E-state index is 0.0572. The number of rotatable bonds is 7. The van der Waals surface area contributed by atoms with Gasteiger partial charge in [-0.3, -0.25) is 4.99 Å². The zero-order valence-electron chi connectivity index (χ0n) is 21.1. The van der Waals surface area contributed by atoms with Gasteiger partial charge in [-0.1, -0.05) is 44.0 Å². The van der Waals surface area contributed by atoms with Crippen LogP contribution < -0.4 is 10.1 Å². The summed E-state index contributed by atoms with van der Waals surface area (Å²) < 4.78 is 17.8. The van der Waals surface area contributed by atoms with Gasteiger partial charge in [0, 0.05) is 22.6 Å². The van der Waals surface area contributed by atoms with E-state index in [-0.39, 0.29) is 17.9 Å². The molecular weight excluding hydrogens is 616 g/mol. The molecule has 1 heterocycles.